The molecule has 0 unspecified atom stereocenters. The molecule has 0 atom stereocenters. The molecular weight excluding hydrogens is 421 g/mol. The van der Waals surface area contributed by atoms with Crippen LogP contribution in [0.2, 0.25) is 10.0 Å². The first-order chi connectivity index (χ1) is 12.1. The first-order valence-corrected chi connectivity index (χ1v) is 9.31. The fourth-order valence-corrected chi connectivity index (χ4v) is 3.10. The van der Waals surface area contributed by atoms with Gasteiger partial charge in [-0.25, -0.2) is 0 Å². The Morgan fingerprint density at radius 1 is 0.880 bits per heavy atom. The summed E-state index contributed by atoms with van der Waals surface area (Å²) in [6.07, 6.45) is 0. The number of ether oxygens (including phenoxy) is 1. The summed E-state index contributed by atoms with van der Waals surface area (Å²) in [5, 5.41) is 4.48. The molecule has 0 amide bonds. The third kappa shape index (κ3) is 5.15. The lowest BCUT2D eigenvalue weighted by Crippen LogP contribution is -2.04. The van der Waals surface area contributed by atoms with Crippen LogP contribution >= 0.6 is 39.1 Å². The lowest BCUT2D eigenvalue weighted by atomic mass is 10.2. The van der Waals surface area contributed by atoms with Gasteiger partial charge in [0.15, 0.2) is 0 Å². The molecule has 1 N–H and O–H groups in total. The normalized spacial score (nSPS) is 10.5. The average molecular weight is 437 g/mol. The van der Waals surface area contributed by atoms with Crippen molar-refractivity contribution in [2.24, 2.45) is 0 Å². The van der Waals surface area contributed by atoms with E-state index in [2.05, 4.69) is 27.3 Å². The highest BCUT2D eigenvalue weighted by Gasteiger charge is 2.07. The van der Waals surface area contributed by atoms with Crippen LogP contribution in [0.15, 0.2) is 71.2 Å². The van der Waals surface area contributed by atoms with Gasteiger partial charge in [0.1, 0.15) is 12.4 Å². The fourth-order valence-electron chi connectivity index (χ4n) is 2.37. The van der Waals surface area contributed by atoms with Crippen LogP contribution in [0.4, 0.5) is 5.69 Å². The van der Waals surface area contributed by atoms with Crippen molar-refractivity contribution >= 4 is 44.8 Å². The molecule has 0 aliphatic rings. The van der Waals surface area contributed by atoms with E-state index in [1.54, 1.807) is 6.07 Å². The Morgan fingerprint density at radius 3 is 2.44 bits per heavy atom. The van der Waals surface area contributed by atoms with Crippen LogP contribution < -0.4 is 10.1 Å². The van der Waals surface area contributed by atoms with E-state index in [9.17, 15) is 0 Å². The minimum Gasteiger partial charge on any atom is -0.489 e. The maximum Gasteiger partial charge on any atom is 0.124 e. The zero-order valence-corrected chi connectivity index (χ0v) is 16.4. The van der Waals surface area contributed by atoms with Crippen molar-refractivity contribution in [3.63, 3.8) is 0 Å². The minimum absolute atomic E-state index is 0.427. The Kier molecular flexibility index (Phi) is 6.24. The zero-order chi connectivity index (χ0) is 17.6. The molecular formula is C20H16BrCl2NO. The standard InChI is InChI=1S/C20H16BrCl2NO/c21-16-7-9-20(25-13-14-6-8-18(22)19(23)10-14)15(11-16)12-24-17-4-2-1-3-5-17/h1-11,24H,12-13H2. The van der Waals surface area contributed by atoms with Gasteiger partial charge in [-0.05, 0) is 48.0 Å². The van der Waals surface area contributed by atoms with E-state index in [1.807, 2.05) is 54.6 Å². The summed E-state index contributed by atoms with van der Waals surface area (Å²) in [4.78, 5) is 0. The predicted octanol–water partition coefficient (Wildman–Crippen LogP) is 6.95. The first-order valence-electron chi connectivity index (χ1n) is 7.76. The number of anilines is 1. The highest BCUT2D eigenvalue weighted by atomic mass is 79.9. The van der Waals surface area contributed by atoms with Crippen molar-refractivity contribution in [3.8, 4) is 5.75 Å². The average Bonchev–Trinajstić information content (AvgIpc) is 2.63. The van der Waals surface area contributed by atoms with E-state index >= 15 is 0 Å². The molecule has 0 fully saturated rings. The lowest BCUT2D eigenvalue weighted by molar-refractivity contribution is 0.303. The van der Waals surface area contributed by atoms with Crippen molar-refractivity contribution in [1.29, 1.82) is 0 Å². The van der Waals surface area contributed by atoms with Gasteiger partial charge in [-0.15, -0.1) is 0 Å². The molecule has 0 bridgehead atoms. The van der Waals surface area contributed by atoms with Crippen LogP contribution in [-0.4, -0.2) is 0 Å². The zero-order valence-electron chi connectivity index (χ0n) is 13.3. The second-order valence-corrected chi connectivity index (χ2v) is 7.24. The van der Waals surface area contributed by atoms with Crippen LogP contribution in [0, 0.1) is 0 Å². The summed E-state index contributed by atoms with van der Waals surface area (Å²) >= 11 is 15.5. The molecule has 0 saturated carbocycles. The highest BCUT2D eigenvalue weighted by Crippen LogP contribution is 2.27. The first kappa shape index (κ1) is 18.1. The number of nitrogens with one attached hydrogen (secondary N) is 1. The summed E-state index contributed by atoms with van der Waals surface area (Å²) in [5.74, 6) is 0.831. The van der Waals surface area contributed by atoms with E-state index < -0.39 is 0 Å². The SMILES string of the molecule is Clc1ccc(COc2ccc(Br)cc2CNc2ccccc2)cc1Cl. The maximum absolute atomic E-state index is 6.06. The van der Waals surface area contributed by atoms with E-state index in [0.717, 1.165) is 27.0 Å². The van der Waals surface area contributed by atoms with Crippen molar-refractivity contribution in [2.45, 2.75) is 13.2 Å². The number of hydrogen-bond acceptors (Lipinski definition) is 2. The lowest BCUT2D eigenvalue weighted by Gasteiger charge is -2.14. The maximum atomic E-state index is 6.06. The number of benzene rings is 3. The summed E-state index contributed by atoms with van der Waals surface area (Å²) in [5.41, 5.74) is 3.11. The molecule has 0 spiro atoms. The number of halogens is 3. The van der Waals surface area contributed by atoms with Gasteiger partial charge < -0.3 is 10.1 Å². The van der Waals surface area contributed by atoms with Crippen LogP contribution in [0.25, 0.3) is 0 Å². The molecule has 0 aliphatic heterocycles. The molecule has 0 radical (unpaired) electrons. The Labute approximate surface area is 165 Å². The van der Waals surface area contributed by atoms with Gasteiger partial charge in [-0.3, -0.25) is 0 Å². The molecule has 0 saturated heterocycles. The third-order valence-electron chi connectivity index (χ3n) is 3.66. The van der Waals surface area contributed by atoms with Gasteiger partial charge in [0, 0.05) is 22.3 Å². The van der Waals surface area contributed by atoms with Crippen molar-refractivity contribution in [3.05, 3.63) is 92.4 Å². The molecule has 128 valence electrons. The Bertz CT molecular complexity index is 856. The van der Waals surface area contributed by atoms with Crippen LogP contribution in [-0.2, 0) is 13.2 Å². The fraction of sp³-hybridized carbons (Fsp3) is 0.100. The monoisotopic (exact) mass is 435 g/mol. The van der Waals surface area contributed by atoms with Gasteiger partial charge in [0.25, 0.3) is 0 Å². The summed E-state index contributed by atoms with van der Waals surface area (Å²) in [7, 11) is 0. The van der Waals surface area contributed by atoms with Gasteiger partial charge in [0.05, 0.1) is 10.0 Å². The highest BCUT2D eigenvalue weighted by molar-refractivity contribution is 9.10. The second-order valence-electron chi connectivity index (χ2n) is 5.51. The largest absolute Gasteiger partial charge is 0.489 e. The Balaban J connectivity index is 1.71. The van der Waals surface area contributed by atoms with Crippen LogP contribution in [0.3, 0.4) is 0 Å². The molecule has 3 aromatic rings. The second kappa shape index (κ2) is 8.61. The quantitative estimate of drug-likeness (QED) is 0.451. The Morgan fingerprint density at radius 2 is 1.68 bits per heavy atom. The molecule has 3 aromatic carbocycles. The van der Waals surface area contributed by atoms with Gasteiger partial charge >= 0.3 is 0 Å². The molecule has 5 heteroatoms. The summed E-state index contributed by atoms with van der Waals surface area (Å²) in [6, 6.07) is 21.6. The predicted molar refractivity (Wildman–Crippen MR) is 109 cm³/mol. The topological polar surface area (TPSA) is 21.3 Å². The number of para-hydroxylation sites is 1. The smallest absolute Gasteiger partial charge is 0.124 e. The molecule has 25 heavy (non-hydrogen) atoms. The molecule has 0 aromatic heterocycles. The molecule has 3 rings (SSSR count). The number of hydrogen-bond donors (Lipinski definition) is 1. The van der Waals surface area contributed by atoms with E-state index in [1.165, 1.54) is 0 Å². The molecule has 0 heterocycles. The molecule has 2 nitrogen and oxygen atoms in total. The van der Waals surface area contributed by atoms with Crippen LogP contribution in [0.5, 0.6) is 5.75 Å². The van der Waals surface area contributed by atoms with Crippen molar-refractivity contribution in [2.75, 3.05) is 5.32 Å². The number of rotatable bonds is 6. The van der Waals surface area contributed by atoms with E-state index in [-0.39, 0.29) is 0 Å². The van der Waals surface area contributed by atoms with Crippen molar-refractivity contribution < 1.29 is 4.74 Å². The molecule has 0 aliphatic carbocycles. The van der Waals surface area contributed by atoms with Gasteiger partial charge in [-0.1, -0.05) is 63.4 Å². The van der Waals surface area contributed by atoms with Crippen molar-refractivity contribution in [1.82, 2.24) is 0 Å². The Hall–Kier alpha value is -1.68. The third-order valence-corrected chi connectivity index (χ3v) is 4.89. The summed E-state index contributed by atoms with van der Waals surface area (Å²) < 4.78 is 7.01. The van der Waals surface area contributed by atoms with E-state index in [0.29, 0.717) is 23.2 Å². The van der Waals surface area contributed by atoms with Gasteiger partial charge in [-0.2, -0.15) is 0 Å². The minimum atomic E-state index is 0.427. The summed E-state index contributed by atoms with van der Waals surface area (Å²) in [6.45, 7) is 1.09. The van der Waals surface area contributed by atoms with E-state index in [4.69, 9.17) is 27.9 Å². The van der Waals surface area contributed by atoms with Crippen LogP contribution in [0.1, 0.15) is 11.1 Å². The van der Waals surface area contributed by atoms with Gasteiger partial charge in [0.2, 0.25) is 0 Å².